The molecule has 23 heteroatoms. The Morgan fingerprint density at radius 3 is 1.31 bits per heavy atom. The molecule has 260 valence electrons. The third-order valence-electron chi connectivity index (χ3n) is 4.27. The number of hydrogen-bond acceptors (Lipinski definition) is 7. The molecular weight excluding hydrogens is 775 g/mol. The van der Waals surface area contributed by atoms with Crippen LogP contribution >= 0.6 is 0 Å². The Morgan fingerprint density at radius 2 is 1.02 bits per heavy atom. The van der Waals surface area contributed by atoms with Crippen LogP contribution in [0.3, 0.4) is 0 Å². The van der Waals surface area contributed by atoms with Gasteiger partial charge >= 0.3 is 169 Å². The molecule has 0 aliphatic carbocycles. The smallest absolute Gasteiger partial charge is 0.382 e. The van der Waals surface area contributed by atoms with Gasteiger partial charge in [-0.2, -0.15) is 43.2 Å². The van der Waals surface area contributed by atoms with E-state index in [2.05, 4.69) is 13.0 Å². The molecule has 0 radical (unpaired) electrons. The molecule has 2 aromatic rings. The largest absolute Gasteiger partial charge is 0.522 e. The second kappa shape index (κ2) is 18.8. The molecule has 45 heavy (non-hydrogen) atoms. The second-order valence-corrected chi connectivity index (χ2v) is 12.5. The van der Waals surface area contributed by atoms with E-state index in [9.17, 15) is 48.3 Å². The molecule has 0 amide bonds. The zero-order chi connectivity index (χ0) is 36.0. The van der Waals surface area contributed by atoms with Crippen LogP contribution in [-0.4, -0.2) is 68.8 Å². The van der Waals surface area contributed by atoms with Crippen LogP contribution in [0.15, 0.2) is 33.8 Å². The van der Waals surface area contributed by atoms with E-state index in [-0.39, 0.29) is 0 Å². The Morgan fingerprint density at radius 1 is 0.711 bits per heavy atom. The molecule has 0 aromatic heterocycles. The van der Waals surface area contributed by atoms with Gasteiger partial charge in [-0.15, -0.1) is 0 Å². The van der Waals surface area contributed by atoms with Crippen molar-refractivity contribution in [3.05, 3.63) is 65.0 Å². The van der Waals surface area contributed by atoms with Crippen LogP contribution in [0, 0.1) is 29.1 Å². The summed E-state index contributed by atoms with van der Waals surface area (Å²) in [6.07, 6.45) is 0. The molecule has 0 bridgehead atoms. The first kappa shape index (κ1) is 44.9. The van der Waals surface area contributed by atoms with Crippen molar-refractivity contribution in [2.24, 2.45) is 3.50 Å². The second-order valence-electron chi connectivity index (χ2n) is 8.15. The number of ether oxygens (including phenoxy) is 2. The molecule has 0 heterocycles. The van der Waals surface area contributed by atoms with Crippen LogP contribution in [0.4, 0.5) is 54.0 Å². The number of halogens is 11. The van der Waals surface area contributed by atoms with Gasteiger partial charge in [-0.25, -0.2) is 0 Å². The van der Waals surface area contributed by atoms with Gasteiger partial charge in [0.25, 0.3) is 0 Å². The van der Waals surface area contributed by atoms with E-state index in [1.165, 1.54) is 0 Å². The maximum atomic E-state index is 13.5. The van der Waals surface area contributed by atoms with Crippen LogP contribution in [0.2, 0.25) is 0 Å². The van der Waals surface area contributed by atoms with E-state index in [1.54, 1.807) is 18.6 Å². The Kier molecular flexibility index (Phi) is 18.8. The van der Waals surface area contributed by atoms with Gasteiger partial charge in [0.2, 0.25) is 0 Å². The number of rotatable bonds is 6. The molecule has 0 saturated heterocycles. The quantitative estimate of drug-likeness (QED) is 0.0678. The molecule has 0 aliphatic heterocycles. The van der Waals surface area contributed by atoms with E-state index < -0.39 is 89.4 Å². The maximum Gasteiger partial charge on any atom is 0.522 e. The van der Waals surface area contributed by atoms with Crippen LogP contribution in [0.5, 0.6) is 0 Å². The number of methoxy groups -OCH3 is 2. The summed E-state index contributed by atoms with van der Waals surface area (Å²) in [6, 6.07) is 9.35. The first-order valence-electron chi connectivity index (χ1n) is 11.0. The summed E-state index contributed by atoms with van der Waals surface area (Å²) in [5.41, 5.74) is -11.6. The van der Waals surface area contributed by atoms with Gasteiger partial charge in [0, 0.05) is 14.2 Å². The van der Waals surface area contributed by atoms with E-state index >= 15 is 0 Å². The van der Waals surface area contributed by atoms with Crippen LogP contribution in [0.25, 0.3) is 0 Å². The minimum absolute atomic E-state index is 0.420. The SMILES string of the molecule is CC(C)([CH]=[Mo]=[N]c1c(F)c(F)c(F)c(F)c1F)c1ccccc1.COCCOC.O=S(=O)(O)C(F)(F)F.O=S(=O)(O)C(F)(F)F. The number of nitrogens with zero attached hydrogens (tertiary/aromatic N) is 1. The number of hydrogen-bond donors (Lipinski definition) is 2. The van der Waals surface area contributed by atoms with E-state index in [0.29, 0.717) is 13.2 Å². The minimum Gasteiger partial charge on any atom is -0.382 e. The summed E-state index contributed by atoms with van der Waals surface area (Å²) in [4.78, 5) is 0. The third kappa shape index (κ3) is 16.2. The van der Waals surface area contributed by atoms with Crippen molar-refractivity contribution in [2.75, 3.05) is 27.4 Å². The van der Waals surface area contributed by atoms with Crippen molar-refractivity contribution in [1.82, 2.24) is 0 Å². The van der Waals surface area contributed by atoms with Gasteiger partial charge in [0.1, 0.15) is 0 Å². The fraction of sp³-hybridized carbons (Fsp3) is 0.409. The number of benzene rings is 2. The monoisotopic (exact) mass is 801 g/mol. The minimum atomic E-state index is -5.84. The molecule has 0 fully saturated rings. The predicted octanol–water partition coefficient (Wildman–Crippen LogP) is 6.13. The zero-order valence-electron chi connectivity index (χ0n) is 23.1. The molecule has 9 nitrogen and oxygen atoms in total. The van der Waals surface area contributed by atoms with Gasteiger partial charge in [-0.1, -0.05) is 0 Å². The molecule has 0 spiro atoms. The molecule has 0 saturated carbocycles. The van der Waals surface area contributed by atoms with Gasteiger partial charge in [0.15, 0.2) is 0 Å². The van der Waals surface area contributed by atoms with Gasteiger partial charge in [0.05, 0.1) is 13.2 Å². The normalized spacial score (nSPS) is 11.9. The van der Waals surface area contributed by atoms with Crippen molar-refractivity contribution < 1.29 is 102 Å². The van der Waals surface area contributed by atoms with Gasteiger partial charge in [-0.3, -0.25) is 9.11 Å². The summed E-state index contributed by atoms with van der Waals surface area (Å²) < 4.78 is 196. The average Bonchev–Trinajstić information content (AvgIpc) is 2.91. The van der Waals surface area contributed by atoms with E-state index in [1.807, 2.05) is 44.2 Å². The molecule has 0 aliphatic rings. The van der Waals surface area contributed by atoms with Crippen molar-refractivity contribution >= 4 is 30.3 Å². The molecular formula is C22H24F11MoNO8S2. The van der Waals surface area contributed by atoms with Crippen molar-refractivity contribution in [2.45, 2.75) is 30.3 Å². The summed E-state index contributed by atoms with van der Waals surface area (Å²) in [7, 11) is -8.38. The first-order valence-corrected chi connectivity index (χ1v) is 15.9. The van der Waals surface area contributed by atoms with Gasteiger partial charge in [-0.05, 0) is 0 Å². The van der Waals surface area contributed by atoms with E-state index in [0.717, 1.165) is 5.56 Å². The zero-order valence-corrected chi connectivity index (χ0v) is 26.7. The van der Waals surface area contributed by atoms with Gasteiger partial charge < -0.3 is 9.47 Å². The van der Waals surface area contributed by atoms with Crippen LogP contribution in [-0.2, 0) is 53.0 Å². The molecule has 2 aromatic carbocycles. The maximum absolute atomic E-state index is 13.5. The average molecular weight is 799 g/mol. The Hall–Kier alpha value is -2.23. The summed E-state index contributed by atoms with van der Waals surface area (Å²) >= 11 is -1.47. The fourth-order valence-corrected chi connectivity index (χ4v) is 3.75. The van der Waals surface area contributed by atoms with Crippen LogP contribution in [0.1, 0.15) is 19.4 Å². The molecule has 0 atom stereocenters. The van der Waals surface area contributed by atoms with Crippen molar-refractivity contribution in [3.63, 3.8) is 0 Å². The topological polar surface area (TPSA) is 140 Å². The first-order chi connectivity index (χ1) is 20.2. The Labute approximate surface area is 257 Å². The van der Waals surface area contributed by atoms with E-state index in [4.69, 9.17) is 25.9 Å². The third-order valence-corrected chi connectivity index (χ3v) is 7.86. The summed E-state index contributed by atoms with van der Waals surface area (Å²) in [6.45, 7) is 5.16. The van der Waals surface area contributed by atoms with Crippen molar-refractivity contribution in [1.29, 1.82) is 0 Å². The Bertz CT molecular complexity index is 1440. The fourth-order valence-electron chi connectivity index (χ4n) is 1.99. The van der Waals surface area contributed by atoms with Crippen LogP contribution < -0.4 is 0 Å². The standard InChI is InChI=1S/C10H12.C6F5N.C4H10O2.2CHF3O3S.Mo/c1-10(2,3)9-7-5-4-6-8-9;7-1-2(8)4(10)6(12)5(11)3(1)9;1-5-3-4-6-2;2*2-1(3,4)8(5,6)7;/h1,4-8H,2-3H3;;3-4H2,1-2H3;2*(H,5,6,7);. The Balaban J connectivity index is 0. The molecule has 0 unspecified atom stereocenters. The van der Waals surface area contributed by atoms with Crippen molar-refractivity contribution in [3.8, 4) is 0 Å². The molecule has 2 N–H and O–H groups in total. The summed E-state index contributed by atoms with van der Waals surface area (Å²) in [5.74, 6) is -9.90. The number of alkyl halides is 6. The predicted molar refractivity (Wildman–Crippen MR) is 133 cm³/mol. The molecule has 2 rings (SSSR count). The summed E-state index contributed by atoms with van der Waals surface area (Å²) in [5, 5.41) is 0.